The van der Waals surface area contributed by atoms with Gasteiger partial charge in [-0.3, -0.25) is 4.90 Å². The van der Waals surface area contributed by atoms with E-state index in [0.717, 1.165) is 23.8 Å². The van der Waals surface area contributed by atoms with Gasteiger partial charge in [0.15, 0.2) is 0 Å². The summed E-state index contributed by atoms with van der Waals surface area (Å²) in [6.45, 7) is 5.66. The molecule has 1 aromatic rings. The van der Waals surface area contributed by atoms with E-state index in [1.165, 1.54) is 37.9 Å². The summed E-state index contributed by atoms with van der Waals surface area (Å²) >= 11 is 5.03. The minimum Gasteiger partial charge on any atom is -0.496 e. The molecule has 0 aliphatic carbocycles. The first-order valence-corrected chi connectivity index (χ1v) is 7.74. The van der Waals surface area contributed by atoms with Crippen molar-refractivity contribution in [2.45, 2.75) is 32.7 Å². The molecule has 1 aromatic carbocycles. The zero-order valence-corrected chi connectivity index (χ0v) is 13.2. The molecule has 0 spiro atoms. The quantitative estimate of drug-likeness (QED) is 0.818. The van der Waals surface area contributed by atoms with Crippen LogP contribution >= 0.6 is 12.2 Å². The first-order valence-electron chi connectivity index (χ1n) is 7.33. The summed E-state index contributed by atoms with van der Waals surface area (Å²) in [4.78, 5) is 2.91. The fourth-order valence-corrected chi connectivity index (χ4v) is 3.16. The number of hydrogen-bond donors (Lipinski definition) is 1. The summed E-state index contributed by atoms with van der Waals surface area (Å²) in [6, 6.07) is 6.13. The Hall–Kier alpha value is -1.13. The molecule has 1 atom stereocenters. The van der Waals surface area contributed by atoms with E-state index in [4.69, 9.17) is 22.7 Å². The molecule has 4 heteroatoms. The molecule has 1 fully saturated rings. The average Bonchev–Trinajstić information content (AvgIpc) is 2.86. The fourth-order valence-electron chi connectivity index (χ4n) is 3.00. The van der Waals surface area contributed by atoms with Crippen LogP contribution in [0.4, 0.5) is 0 Å². The summed E-state index contributed by atoms with van der Waals surface area (Å²) in [5, 5.41) is 0. The van der Waals surface area contributed by atoms with E-state index >= 15 is 0 Å². The van der Waals surface area contributed by atoms with Crippen LogP contribution in [0.25, 0.3) is 0 Å². The number of hydrogen-bond acceptors (Lipinski definition) is 3. The number of nitrogens with zero attached hydrogens (tertiary/aromatic N) is 1. The minimum atomic E-state index is 0.387. The summed E-state index contributed by atoms with van der Waals surface area (Å²) in [7, 11) is 1.66. The molecule has 2 N–H and O–H groups in total. The Labute approximate surface area is 127 Å². The molecule has 0 aromatic heterocycles. The maximum absolute atomic E-state index is 5.70. The van der Waals surface area contributed by atoms with Crippen LogP contribution in [0.2, 0.25) is 0 Å². The summed E-state index contributed by atoms with van der Waals surface area (Å²) in [5.41, 5.74) is 7.78. The van der Waals surface area contributed by atoms with Gasteiger partial charge in [-0.25, -0.2) is 0 Å². The number of methoxy groups -OCH3 is 1. The third kappa shape index (κ3) is 3.70. The maximum atomic E-state index is 5.70. The molecule has 0 amide bonds. The zero-order chi connectivity index (χ0) is 14.5. The normalized spacial score (nSPS) is 19.2. The Balaban J connectivity index is 2.02. The van der Waals surface area contributed by atoms with Gasteiger partial charge in [-0.2, -0.15) is 0 Å². The van der Waals surface area contributed by atoms with Gasteiger partial charge in [0.2, 0.25) is 0 Å². The third-order valence-corrected chi connectivity index (χ3v) is 4.22. The molecule has 1 aliphatic rings. The number of likely N-dealkylation sites (tertiary alicyclic amines) is 1. The van der Waals surface area contributed by atoms with Crippen LogP contribution < -0.4 is 10.5 Å². The lowest BCUT2D eigenvalue weighted by molar-refractivity contribution is 0.312. The second kappa shape index (κ2) is 7.04. The van der Waals surface area contributed by atoms with Gasteiger partial charge < -0.3 is 10.5 Å². The van der Waals surface area contributed by atoms with E-state index in [9.17, 15) is 0 Å². The number of thiocarbonyl (C=S) groups is 1. The Morgan fingerprint density at radius 1 is 1.50 bits per heavy atom. The van der Waals surface area contributed by atoms with Crippen LogP contribution in [0, 0.1) is 5.92 Å². The highest BCUT2D eigenvalue weighted by atomic mass is 32.1. The van der Waals surface area contributed by atoms with E-state index in [1.807, 2.05) is 6.07 Å². The third-order valence-electron chi connectivity index (χ3n) is 4.00. The van der Waals surface area contributed by atoms with Gasteiger partial charge in [-0.05, 0) is 43.0 Å². The molecule has 110 valence electrons. The Morgan fingerprint density at radius 2 is 2.30 bits per heavy atom. The highest BCUT2D eigenvalue weighted by Gasteiger charge is 2.21. The second-order valence-electron chi connectivity index (χ2n) is 5.58. The van der Waals surface area contributed by atoms with Crippen LogP contribution in [-0.2, 0) is 6.54 Å². The van der Waals surface area contributed by atoms with Crippen LogP contribution in [0.15, 0.2) is 18.2 Å². The Morgan fingerprint density at radius 3 is 2.95 bits per heavy atom. The van der Waals surface area contributed by atoms with Crippen molar-refractivity contribution in [2.75, 3.05) is 20.2 Å². The summed E-state index contributed by atoms with van der Waals surface area (Å²) in [5.74, 6) is 1.65. The molecule has 0 bridgehead atoms. The van der Waals surface area contributed by atoms with E-state index in [2.05, 4.69) is 24.0 Å². The van der Waals surface area contributed by atoms with Crippen molar-refractivity contribution in [2.24, 2.45) is 11.7 Å². The lowest BCUT2D eigenvalue weighted by Gasteiger charge is -2.17. The number of benzene rings is 1. The SMILES string of the molecule is CCCC1CCN(Cc2ccc(C(N)=S)c(OC)c2)C1. The second-order valence-corrected chi connectivity index (χ2v) is 6.02. The molecule has 20 heavy (non-hydrogen) atoms. The average molecular weight is 292 g/mol. The predicted octanol–water partition coefficient (Wildman–Crippen LogP) is 2.95. The molecule has 0 saturated carbocycles. The first kappa shape index (κ1) is 15.3. The van der Waals surface area contributed by atoms with Crippen LogP contribution in [0.3, 0.4) is 0 Å². The predicted molar refractivity (Wildman–Crippen MR) is 87.2 cm³/mol. The van der Waals surface area contributed by atoms with Gasteiger partial charge in [0.05, 0.1) is 12.7 Å². The van der Waals surface area contributed by atoms with Crippen molar-refractivity contribution < 1.29 is 4.74 Å². The van der Waals surface area contributed by atoms with Gasteiger partial charge in [0, 0.05) is 13.1 Å². The number of nitrogens with two attached hydrogens (primary N) is 1. The zero-order valence-electron chi connectivity index (χ0n) is 12.4. The van der Waals surface area contributed by atoms with E-state index in [-0.39, 0.29) is 0 Å². The first-order chi connectivity index (χ1) is 9.63. The van der Waals surface area contributed by atoms with Crippen LogP contribution in [0.5, 0.6) is 5.75 Å². The highest BCUT2D eigenvalue weighted by Crippen LogP contribution is 2.25. The van der Waals surface area contributed by atoms with Crippen molar-refractivity contribution in [3.63, 3.8) is 0 Å². The summed E-state index contributed by atoms with van der Waals surface area (Å²) in [6.07, 6.45) is 3.96. The topological polar surface area (TPSA) is 38.5 Å². The maximum Gasteiger partial charge on any atom is 0.129 e. The number of ether oxygens (including phenoxy) is 1. The molecule has 2 rings (SSSR count). The molecule has 3 nitrogen and oxygen atoms in total. The van der Waals surface area contributed by atoms with Crippen molar-refractivity contribution in [3.05, 3.63) is 29.3 Å². The van der Waals surface area contributed by atoms with Crippen molar-refractivity contribution >= 4 is 17.2 Å². The van der Waals surface area contributed by atoms with Gasteiger partial charge in [0.1, 0.15) is 10.7 Å². The standard InChI is InChI=1S/C16H24N2OS/c1-3-4-12-7-8-18(10-12)11-13-5-6-14(16(17)20)15(9-13)19-2/h5-6,9,12H,3-4,7-8,10-11H2,1-2H3,(H2,17,20). The Kier molecular flexibility index (Phi) is 5.38. The van der Waals surface area contributed by atoms with Gasteiger partial charge >= 0.3 is 0 Å². The van der Waals surface area contributed by atoms with Crippen molar-refractivity contribution in [1.82, 2.24) is 4.90 Å². The van der Waals surface area contributed by atoms with Gasteiger partial charge in [-0.15, -0.1) is 0 Å². The number of rotatable bonds is 6. The molecular weight excluding hydrogens is 268 g/mol. The Bertz CT molecular complexity index is 476. The molecule has 1 aliphatic heterocycles. The van der Waals surface area contributed by atoms with E-state index in [0.29, 0.717) is 4.99 Å². The van der Waals surface area contributed by atoms with Gasteiger partial charge in [0.25, 0.3) is 0 Å². The minimum absolute atomic E-state index is 0.387. The van der Waals surface area contributed by atoms with Crippen molar-refractivity contribution in [1.29, 1.82) is 0 Å². The highest BCUT2D eigenvalue weighted by molar-refractivity contribution is 7.80. The van der Waals surface area contributed by atoms with Crippen LogP contribution in [0.1, 0.15) is 37.3 Å². The summed E-state index contributed by atoms with van der Waals surface area (Å²) < 4.78 is 5.39. The lowest BCUT2D eigenvalue weighted by Crippen LogP contribution is -2.20. The van der Waals surface area contributed by atoms with Gasteiger partial charge in [-0.1, -0.05) is 31.6 Å². The molecule has 1 heterocycles. The molecule has 1 saturated heterocycles. The smallest absolute Gasteiger partial charge is 0.129 e. The lowest BCUT2D eigenvalue weighted by atomic mass is 10.0. The van der Waals surface area contributed by atoms with E-state index < -0.39 is 0 Å². The van der Waals surface area contributed by atoms with E-state index in [1.54, 1.807) is 7.11 Å². The van der Waals surface area contributed by atoms with Crippen LogP contribution in [-0.4, -0.2) is 30.1 Å². The monoisotopic (exact) mass is 292 g/mol. The van der Waals surface area contributed by atoms with Crippen molar-refractivity contribution in [3.8, 4) is 5.75 Å². The fraction of sp³-hybridized carbons (Fsp3) is 0.562. The largest absolute Gasteiger partial charge is 0.496 e. The molecule has 1 unspecified atom stereocenters. The molecule has 0 radical (unpaired) electrons. The molecular formula is C16H24N2OS.